The van der Waals surface area contributed by atoms with E-state index in [1.165, 1.54) is 0 Å². The number of nitriles is 1. The zero-order chi connectivity index (χ0) is 22.8. The first-order chi connectivity index (χ1) is 14.0. The molecule has 0 spiro atoms. The fourth-order valence-corrected chi connectivity index (χ4v) is 2.16. The summed E-state index contributed by atoms with van der Waals surface area (Å²) in [6, 6.07) is 2.42. The van der Waals surface area contributed by atoms with Gasteiger partial charge in [0.15, 0.2) is 0 Å². The van der Waals surface area contributed by atoms with Crippen LogP contribution in [0.2, 0.25) is 0 Å². The summed E-state index contributed by atoms with van der Waals surface area (Å²) < 4.78 is 82.5. The van der Waals surface area contributed by atoms with Gasteiger partial charge in [0.05, 0.1) is 11.1 Å². The van der Waals surface area contributed by atoms with Gasteiger partial charge in [-0.2, -0.15) is 31.6 Å². The SMILES string of the molecule is CCCCOCCCNC(=O)/C(C#N)=C\Nc1cc(C(F)(F)F)cc(C(F)(F)F)c1. The second-order valence-corrected chi connectivity index (χ2v) is 6.18. The Morgan fingerprint density at radius 1 is 1.07 bits per heavy atom. The van der Waals surface area contributed by atoms with Gasteiger partial charge in [-0.05, 0) is 31.0 Å². The smallest absolute Gasteiger partial charge is 0.381 e. The average molecular weight is 437 g/mol. The molecule has 0 saturated carbocycles. The van der Waals surface area contributed by atoms with E-state index < -0.39 is 40.6 Å². The van der Waals surface area contributed by atoms with E-state index in [0.29, 0.717) is 31.8 Å². The number of hydrogen-bond donors (Lipinski definition) is 2. The van der Waals surface area contributed by atoms with Crippen LogP contribution in [0, 0.1) is 11.3 Å². The van der Waals surface area contributed by atoms with E-state index in [-0.39, 0.29) is 12.6 Å². The molecule has 0 heterocycles. The standard InChI is InChI=1S/C19H21F6N3O2/c1-2-3-6-30-7-4-5-27-17(29)13(11-26)12-28-16-9-14(18(20,21)22)8-15(10-16)19(23,24)25/h8-10,12,28H,2-7H2,1H3,(H,27,29)/b13-12-. The van der Waals surface area contributed by atoms with E-state index in [4.69, 9.17) is 10.00 Å². The quantitative estimate of drug-likeness (QED) is 0.237. The van der Waals surface area contributed by atoms with Gasteiger partial charge < -0.3 is 15.4 Å². The van der Waals surface area contributed by atoms with Gasteiger partial charge in [-0.15, -0.1) is 0 Å². The van der Waals surface area contributed by atoms with Crippen LogP contribution in [0.15, 0.2) is 30.0 Å². The zero-order valence-electron chi connectivity index (χ0n) is 16.1. The van der Waals surface area contributed by atoms with Crippen molar-refractivity contribution in [3.05, 3.63) is 41.1 Å². The van der Waals surface area contributed by atoms with Crippen molar-refractivity contribution in [3.63, 3.8) is 0 Å². The molecule has 0 aliphatic carbocycles. The van der Waals surface area contributed by atoms with Gasteiger partial charge in [0.25, 0.3) is 5.91 Å². The molecule has 0 aromatic heterocycles. The Hall–Kier alpha value is -2.74. The Morgan fingerprint density at radius 2 is 1.63 bits per heavy atom. The first-order valence-electron chi connectivity index (χ1n) is 9.01. The normalized spacial score (nSPS) is 12.4. The highest BCUT2D eigenvalue weighted by Gasteiger charge is 2.36. The third kappa shape index (κ3) is 8.73. The first kappa shape index (κ1) is 25.3. The number of halogens is 6. The zero-order valence-corrected chi connectivity index (χ0v) is 16.1. The lowest BCUT2D eigenvalue weighted by Crippen LogP contribution is -2.26. The largest absolute Gasteiger partial charge is 0.416 e. The van der Waals surface area contributed by atoms with Gasteiger partial charge >= 0.3 is 12.4 Å². The average Bonchev–Trinajstić information content (AvgIpc) is 2.66. The highest BCUT2D eigenvalue weighted by atomic mass is 19.4. The van der Waals surface area contributed by atoms with Crippen LogP contribution >= 0.6 is 0 Å². The molecule has 5 nitrogen and oxygen atoms in total. The highest BCUT2D eigenvalue weighted by Crippen LogP contribution is 2.37. The van der Waals surface area contributed by atoms with E-state index in [9.17, 15) is 31.1 Å². The maximum atomic E-state index is 12.9. The third-order valence-corrected chi connectivity index (χ3v) is 3.73. The number of anilines is 1. The predicted octanol–water partition coefficient (Wildman–Crippen LogP) is 4.87. The third-order valence-electron chi connectivity index (χ3n) is 3.73. The van der Waals surface area contributed by atoms with Gasteiger partial charge in [0, 0.05) is 31.6 Å². The van der Waals surface area contributed by atoms with Crippen molar-refractivity contribution in [1.82, 2.24) is 5.32 Å². The van der Waals surface area contributed by atoms with Gasteiger partial charge in [-0.3, -0.25) is 4.79 Å². The molecule has 0 aliphatic heterocycles. The lowest BCUT2D eigenvalue weighted by molar-refractivity contribution is -0.143. The number of unbranched alkanes of at least 4 members (excludes halogenated alkanes) is 1. The summed E-state index contributed by atoms with van der Waals surface area (Å²) in [5.41, 5.74) is -4.10. The van der Waals surface area contributed by atoms with Crippen LogP contribution in [0.3, 0.4) is 0 Å². The molecule has 2 N–H and O–H groups in total. The van der Waals surface area contributed by atoms with Crippen molar-refractivity contribution in [2.24, 2.45) is 0 Å². The number of carbonyl (C=O) groups excluding carboxylic acids is 1. The Morgan fingerprint density at radius 3 is 2.13 bits per heavy atom. The molecule has 0 radical (unpaired) electrons. The van der Waals surface area contributed by atoms with E-state index in [0.717, 1.165) is 19.0 Å². The summed E-state index contributed by atoms with van der Waals surface area (Å²) >= 11 is 0. The van der Waals surface area contributed by atoms with Gasteiger partial charge in [-0.25, -0.2) is 0 Å². The van der Waals surface area contributed by atoms with Crippen molar-refractivity contribution >= 4 is 11.6 Å². The van der Waals surface area contributed by atoms with Crippen LogP contribution in [0.25, 0.3) is 0 Å². The molecule has 1 amide bonds. The van der Waals surface area contributed by atoms with E-state index in [1.807, 2.05) is 6.92 Å². The van der Waals surface area contributed by atoms with Crippen molar-refractivity contribution in [1.29, 1.82) is 5.26 Å². The number of benzene rings is 1. The molecule has 11 heteroatoms. The summed E-state index contributed by atoms with van der Waals surface area (Å²) in [4.78, 5) is 11.9. The van der Waals surface area contributed by atoms with Crippen LogP contribution in [0.5, 0.6) is 0 Å². The molecule has 1 aromatic rings. The van der Waals surface area contributed by atoms with Crippen molar-refractivity contribution < 1.29 is 35.9 Å². The molecule has 0 saturated heterocycles. The van der Waals surface area contributed by atoms with Crippen LogP contribution in [-0.4, -0.2) is 25.7 Å². The van der Waals surface area contributed by atoms with Crippen LogP contribution in [-0.2, 0) is 21.9 Å². The maximum Gasteiger partial charge on any atom is 0.416 e. The molecule has 0 atom stereocenters. The van der Waals surface area contributed by atoms with Crippen molar-refractivity contribution in [3.8, 4) is 6.07 Å². The second kappa shape index (κ2) is 11.4. The van der Waals surface area contributed by atoms with Crippen LogP contribution < -0.4 is 10.6 Å². The fraction of sp³-hybridized carbons (Fsp3) is 0.474. The van der Waals surface area contributed by atoms with Crippen LogP contribution in [0.4, 0.5) is 32.0 Å². The number of ether oxygens (including phenoxy) is 1. The molecular weight excluding hydrogens is 416 g/mol. The minimum Gasteiger partial charge on any atom is -0.381 e. The molecular formula is C19H21F6N3O2. The summed E-state index contributed by atoms with van der Waals surface area (Å²) in [6.45, 7) is 3.19. The molecule has 0 aliphatic rings. The van der Waals surface area contributed by atoms with Crippen molar-refractivity contribution in [2.75, 3.05) is 25.1 Å². The summed E-state index contributed by atoms with van der Waals surface area (Å²) in [5.74, 6) is -0.818. The number of nitrogens with zero attached hydrogens (tertiary/aromatic N) is 1. The van der Waals surface area contributed by atoms with Gasteiger partial charge in [0.1, 0.15) is 11.6 Å². The minimum atomic E-state index is -5.00. The Bertz CT molecular complexity index is 750. The van der Waals surface area contributed by atoms with Gasteiger partial charge in [0.2, 0.25) is 0 Å². The molecule has 0 fully saturated rings. The molecule has 0 bridgehead atoms. The van der Waals surface area contributed by atoms with E-state index >= 15 is 0 Å². The highest BCUT2D eigenvalue weighted by molar-refractivity contribution is 5.97. The number of carbonyl (C=O) groups is 1. The molecule has 1 aromatic carbocycles. The van der Waals surface area contributed by atoms with E-state index in [1.54, 1.807) is 6.07 Å². The number of alkyl halides is 6. The predicted molar refractivity (Wildman–Crippen MR) is 97.1 cm³/mol. The lowest BCUT2D eigenvalue weighted by atomic mass is 10.1. The van der Waals surface area contributed by atoms with Crippen LogP contribution in [0.1, 0.15) is 37.3 Å². The number of nitrogens with one attached hydrogen (secondary N) is 2. The topological polar surface area (TPSA) is 74.1 Å². The molecule has 1 rings (SSSR count). The Kier molecular flexibility index (Phi) is 9.65. The first-order valence-corrected chi connectivity index (χ1v) is 9.01. The lowest BCUT2D eigenvalue weighted by Gasteiger charge is -2.14. The number of rotatable bonds is 10. The molecule has 0 unspecified atom stereocenters. The maximum absolute atomic E-state index is 12.9. The Labute approximate surface area is 169 Å². The summed E-state index contributed by atoms with van der Waals surface area (Å²) in [7, 11) is 0. The summed E-state index contributed by atoms with van der Waals surface area (Å²) in [5, 5.41) is 13.6. The van der Waals surface area contributed by atoms with Crippen molar-refractivity contribution in [2.45, 2.75) is 38.5 Å². The number of amides is 1. The number of hydrogen-bond acceptors (Lipinski definition) is 4. The second-order valence-electron chi connectivity index (χ2n) is 6.18. The molecule has 30 heavy (non-hydrogen) atoms. The van der Waals surface area contributed by atoms with Gasteiger partial charge in [-0.1, -0.05) is 13.3 Å². The fourth-order valence-electron chi connectivity index (χ4n) is 2.16. The molecule has 166 valence electrons. The monoisotopic (exact) mass is 437 g/mol. The van der Waals surface area contributed by atoms with E-state index in [2.05, 4.69) is 10.6 Å². The minimum absolute atomic E-state index is 0.0185. The Balaban J connectivity index is 2.80. The summed E-state index contributed by atoms with van der Waals surface area (Å²) in [6.07, 6.45) is -6.89.